The van der Waals surface area contributed by atoms with Crippen molar-refractivity contribution >= 4 is 5.69 Å². The maximum Gasteiger partial charge on any atom is 0.142 e. The Morgan fingerprint density at radius 3 is 2.64 bits per heavy atom. The van der Waals surface area contributed by atoms with Crippen molar-refractivity contribution in [1.29, 1.82) is 0 Å². The van der Waals surface area contributed by atoms with Crippen LogP contribution in [-0.4, -0.2) is 12.1 Å². The largest absolute Gasteiger partial charge is 0.487 e. The SMILES string of the molecule is Nc1ccccc1OC1CCCC1N. The Hall–Kier alpha value is -1.22. The fourth-order valence-corrected chi connectivity index (χ4v) is 1.85. The van der Waals surface area contributed by atoms with Gasteiger partial charge in [0.2, 0.25) is 0 Å². The third kappa shape index (κ3) is 1.82. The molecule has 0 spiro atoms. The molecule has 1 aromatic carbocycles. The van der Waals surface area contributed by atoms with Gasteiger partial charge >= 0.3 is 0 Å². The first-order valence-electron chi connectivity index (χ1n) is 5.04. The van der Waals surface area contributed by atoms with Gasteiger partial charge in [-0.05, 0) is 31.4 Å². The molecule has 0 bridgehead atoms. The van der Waals surface area contributed by atoms with E-state index in [9.17, 15) is 0 Å². The summed E-state index contributed by atoms with van der Waals surface area (Å²) in [6.45, 7) is 0. The molecule has 3 nitrogen and oxygen atoms in total. The molecule has 0 aromatic heterocycles. The summed E-state index contributed by atoms with van der Waals surface area (Å²) < 4.78 is 5.77. The quantitative estimate of drug-likeness (QED) is 0.698. The third-order valence-corrected chi connectivity index (χ3v) is 2.70. The Morgan fingerprint density at radius 1 is 1.21 bits per heavy atom. The summed E-state index contributed by atoms with van der Waals surface area (Å²) in [5, 5.41) is 0. The van der Waals surface area contributed by atoms with E-state index in [0.29, 0.717) is 5.69 Å². The van der Waals surface area contributed by atoms with Crippen molar-refractivity contribution in [3.05, 3.63) is 24.3 Å². The Morgan fingerprint density at radius 2 is 2.00 bits per heavy atom. The van der Waals surface area contributed by atoms with E-state index in [0.717, 1.165) is 25.0 Å². The molecule has 2 rings (SSSR count). The first-order chi connectivity index (χ1) is 6.77. The summed E-state index contributed by atoms with van der Waals surface area (Å²) in [7, 11) is 0. The van der Waals surface area contributed by atoms with Gasteiger partial charge in [-0.25, -0.2) is 0 Å². The van der Waals surface area contributed by atoms with Crippen molar-refractivity contribution in [2.45, 2.75) is 31.4 Å². The normalized spacial score (nSPS) is 26.4. The minimum atomic E-state index is 0.139. The topological polar surface area (TPSA) is 61.3 Å². The zero-order valence-electron chi connectivity index (χ0n) is 8.15. The lowest BCUT2D eigenvalue weighted by molar-refractivity contribution is 0.193. The molecule has 1 saturated carbocycles. The predicted octanol–water partition coefficient (Wildman–Crippen LogP) is 1.53. The second kappa shape index (κ2) is 3.88. The number of nitrogens with two attached hydrogens (primary N) is 2. The van der Waals surface area contributed by atoms with Gasteiger partial charge in [0, 0.05) is 6.04 Å². The Kier molecular flexibility index (Phi) is 2.59. The first-order valence-corrected chi connectivity index (χ1v) is 5.04. The van der Waals surface area contributed by atoms with Crippen LogP contribution in [0.25, 0.3) is 0 Å². The number of para-hydroxylation sites is 2. The van der Waals surface area contributed by atoms with E-state index in [2.05, 4.69) is 0 Å². The van der Waals surface area contributed by atoms with Crippen molar-refractivity contribution in [2.75, 3.05) is 5.73 Å². The summed E-state index contributed by atoms with van der Waals surface area (Å²) in [5.74, 6) is 0.759. The van der Waals surface area contributed by atoms with Gasteiger partial charge < -0.3 is 16.2 Å². The Labute approximate surface area is 84.0 Å². The van der Waals surface area contributed by atoms with E-state index in [1.165, 1.54) is 0 Å². The van der Waals surface area contributed by atoms with Crippen LogP contribution in [0.4, 0.5) is 5.69 Å². The van der Waals surface area contributed by atoms with Crippen LogP contribution < -0.4 is 16.2 Å². The highest BCUT2D eigenvalue weighted by Crippen LogP contribution is 2.27. The lowest BCUT2D eigenvalue weighted by atomic mass is 10.2. The monoisotopic (exact) mass is 192 g/mol. The van der Waals surface area contributed by atoms with Crippen molar-refractivity contribution in [3.63, 3.8) is 0 Å². The molecule has 2 unspecified atom stereocenters. The maximum absolute atomic E-state index is 5.91. The third-order valence-electron chi connectivity index (χ3n) is 2.70. The van der Waals surface area contributed by atoms with Gasteiger partial charge in [-0.3, -0.25) is 0 Å². The van der Waals surface area contributed by atoms with E-state index in [-0.39, 0.29) is 12.1 Å². The zero-order valence-corrected chi connectivity index (χ0v) is 8.15. The molecule has 76 valence electrons. The van der Waals surface area contributed by atoms with Crippen LogP contribution in [-0.2, 0) is 0 Å². The molecule has 0 heterocycles. The average molecular weight is 192 g/mol. The van der Waals surface area contributed by atoms with Gasteiger partial charge in [-0.2, -0.15) is 0 Å². The number of rotatable bonds is 2. The fourth-order valence-electron chi connectivity index (χ4n) is 1.85. The lowest BCUT2D eigenvalue weighted by Gasteiger charge is -2.18. The van der Waals surface area contributed by atoms with Crippen molar-refractivity contribution in [2.24, 2.45) is 5.73 Å². The second-order valence-electron chi connectivity index (χ2n) is 3.79. The van der Waals surface area contributed by atoms with Gasteiger partial charge in [0.25, 0.3) is 0 Å². The summed E-state index contributed by atoms with van der Waals surface area (Å²) in [6, 6.07) is 7.72. The number of hydrogen-bond donors (Lipinski definition) is 2. The minimum Gasteiger partial charge on any atom is -0.487 e. The summed E-state index contributed by atoms with van der Waals surface area (Å²) >= 11 is 0. The number of ether oxygens (including phenoxy) is 1. The Balaban J connectivity index is 2.07. The van der Waals surface area contributed by atoms with E-state index >= 15 is 0 Å². The molecule has 0 amide bonds. The Bertz CT molecular complexity index is 314. The molecule has 3 heteroatoms. The molecule has 2 atom stereocenters. The highest BCUT2D eigenvalue weighted by atomic mass is 16.5. The van der Waals surface area contributed by atoms with Crippen LogP contribution in [0.3, 0.4) is 0 Å². The number of anilines is 1. The van der Waals surface area contributed by atoms with Crippen LogP contribution in [0.5, 0.6) is 5.75 Å². The molecule has 0 saturated heterocycles. The zero-order chi connectivity index (χ0) is 9.97. The molecular weight excluding hydrogens is 176 g/mol. The molecule has 4 N–H and O–H groups in total. The molecule has 0 aliphatic heterocycles. The molecule has 1 aliphatic carbocycles. The van der Waals surface area contributed by atoms with Gasteiger partial charge in [0.15, 0.2) is 0 Å². The minimum absolute atomic E-state index is 0.139. The van der Waals surface area contributed by atoms with Crippen LogP contribution in [0.15, 0.2) is 24.3 Å². The maximum atomic E-state index is 5.91. The van der Waals surface area contributed by atoms with Gasteiger partial charge in [-0.15, -0.1) is 0 Å². The second-order valence-corrected chi connectivity index (χ2v) is 3.79. The highest BCUT2D eigenvalue weighted by molar-refractivity contribution is 5.51. The highest BCUT2D eigenvalue weighted by Gasteiger charge is 2.25. The summed E-state index contributed by atoms with van der Waals surface area (Å²) in [5.41, 5.74) is 12.4. The molecule has 1 aromatic rings. The lowest BCUT2D eigenvalue weighted by Crippen LogP contribution is -2.33. The molecule has 1 aliphatic rings. The van der Waals surface area contributed by atoms with Gasteiger partial charge in [0.1, 0.15) is 11.9 Å². The van der Waals surface area contributed by atoms with Crippen LogP contribution in [0.2, 0.25) is 0 Å². The van der Waals surface area contributed by atoms with Gasteiger partial charge in [-0.1, -0.05) is 12.1 Å². The number of hydrogen-bond acceptors (Lipinski definition) is 3. The van der Waals surface area contributed by atoms with Crippen LogP contribution in [0.1, 0.15) is 19.3 Å². The molecule has 1 fully saturated rings. The average Bonchev–Trinajstić information content (AvgIpc) is 2.56. The van der Waals surface area contributed by atoms with Gasteiger partial charge in [0.05, 0.1) is 5.69 Å². The smallest absolute Gasteiger partial charge is 0.142 e. The van der Waals surface area contributed by atoms with E-state index < -0.39 is 0 Å². The summed E-state index contributed by atoms with van der Waals surface area (Å²) in [6.07, 6.45) is 3.38. The molecule has 14 heavy (non-hydrogen) atoms. The van der Waals surface area contributed by atoms with Crippen LogP contribution >= 0.6 is 0 Å². The van der Waals surface area contributed by atoms with E-state index in [1.807, 2.05) is 24.3 Å². The van der Waals surface area contributed by atoms with E-state index in [1.54, 1.807) is 0 Å². The standard InChI is InChI=1S/C11H16N2O/c12-8-4-1-2-6-10(8)14-11-7-3-5-9(11)13/h1-2,4,6,9,11H,3,5,7,12-13H2. The van der Waals surface area contributed by atoms with Crippen LogP contribution in [0, 0.1) is 0 Å². The predicted molar refractivity (Wildman–Crippen MR) is 57.1 cm³/mol. The molecular formula is C11H16N2O. The number of nitrogen functional groups attached to an aromatic ring is 1. The van der Waals surface area contributed by atoms with E-state index in [4.69, 9.17) is 16.2 Å². The summed E-state index contributed by atoms with van der Waals surface area (Å²) in [4.78, 5) is 0. The van der Waals surface area contributed by atoms with Crippen molar-refractivity contribution in [1.82, 2.24) is 0 Å². The first kappa shape index (κ1) is 9.34. The molecule has 0 radical (unpaired) electrons. The van der Waals surface area contributed by atoms with Crippen molar-refractivity contribution in [3.8, 4) is 5.75 Å². The number of benzene rings is 1. The van der Waals surface area contributed by atoms with Crippen molar-refractivity contribution < 1.29 is 4.74 Å². The fraction of sp³-hybridized carbons (Fsp3) is 0.455.